The molecule has 5 nitrogen and oxygen atoms in total. The van der Waals surface area contributed by atoms with Gasteiger partial charge in [0.25, 0.3) is 0 Å². The van der Waals surface area contributed by atoms with Crippen molar-refractivity contribution in [3.05, 3.63) is 23.7 Å². The molecule has 0 aromatic carbocycles. The number of H-pyrrole nitrogens is 1. The second-order valence-electron chi connectivity index (χ2n) is 4.22. The van der Waals surface area contributed by atoms with Crippen molar-refractivity contribution >= 4 is 5.82 Å². The van der Waals surface area contributed by atoms with Gasteiger partial charge in [0.05, 0.1) is 0 Å². The number of imidazole rings is 1. The number of aryl methyl sites for hydroxylation is 1. The lowest BCUT2D eigenvalue weighted by Crippen LogP contribution is -2.12. The van der Waals surface area contributed by atoms with Crippen LogP contribution in [0.4, 0.5) is 5.82 Å². The first-order valence-electron chi connectivity index (χ1n) is 5.96. The van der Waals surface area contributed by atoms with Crippen molar-refractivity contribution < 1.29 is 0 Å². The van der Waals surface area contributed by atoms with E-state index in [4.69, 9.17) is 0 Å². The molecule has 0 unspecified atom stereocenters. The second-order valence-corrected chi connectivity index (χ2v) is 4.22. The SMILES string of the molecule is CNc1nc(-c2ncc[nH]2)nc2c1CCCC2. The molecular weight excluding hydrogens is 214 g/mol. The molecule has 1 aliphatic rings. The monoisotopic (exact) mass is 229 g/mol. The van der Waals surface area contributed by atoms with Gasteiger partial charge in [-0.15, -0.1) is 0 Å². The maximum atomic E-state index is 4.62. The first-order valence-corrected chi connectivity index (χ1v) is 5.96. The van der Waals surface area contributed by atoms with Gasteiger partial charge in [0.2, 0.25) is 0 Å². The summed E-state index contributed by atoms with van der Waals surface area (Å²) < 4.78 is 0. The van der Waals surface area contributed by atoms with Crippen LogP contribution in [0.3, 0.4) is 0 Å². The lowest BCUT2D eigenvalue weighted by Gasteiger charge is -2.18. The molecule has 17 heavy (non-hydrogen) atoms. The van der Waals surface area contributed by atoms with Crippen molar-refractivity contribution in [1.82, 2.24) is 19.9 Å². The van der Waals surface area contributed by atoms with E-state index in [0.29, 0.717) is 5.82 Å². The summed E-state index contributed by atoms with van der Waals surface area (Å²) >= 11 is 0. The average Bonchev–Trinajstić information content (AvgIpc) is 2.91. The van der Waals surface area contributed by atoms with Crippen molar-refractivity contribution in [2.45, 2.75) is 25.7 Å². The Balaban J connectivity index is 2.12. The van der Waals surface area contributed by atoms with E-state index in [1.807, 2.05) is 7.05 Å². The standard InChI is InChI=1S/C12H15N5/c1-13-10-8-4-2-3-5-9(8)16-12(17-10)11-14-6-7-15-11/h6-7H,2-5H2,1H3,(H,14,15)(H,13,16,17). The molecule has 2 N–H and O–H groups in total. The van der Waals surface area contributed by atoms with Gasteiger partial charge in [-0.3, -0.25) is 0 Å². The Morgan fingerprint density at radius 2 is 2.12 bits per heavy atom. The zero-order chi connectivity index (χ0) is 11.7. The van der Waals surface area contributed by atoms with Crippen molar-refractivity contribution in [3.8, 4) is 11.6 Å². The minimum atomic E-state index is 0.681. The number of hydrogen-bond donors (Lipinski definition) is 2. The molecule has 0 saturated carbocycles. The number of anilines is 1. The van der Waals surface area contributed by atoms with Crippen LogP contribution in [0.5, 0.6) is 0 Å². The Morgan fingerprint density at radius 1 is 1.24 bits per heavy atom. The predicted molar refractivity (Wildman–Crippen MR) is 65.8 cm³/mol. The van der Waals surface area contributed by atoms with Crippen LogP contribution in [-0.4, -0.2) is 27.0 Å². The molecule has 2 heterocycles. The molecule has 0 spiro atoms. The molecule has 0 saturated heterocycles. The largest absolute Gasteiger partial charge is 0.373 e. The van der Waals surface area contributed by atoms with E-state index in [-0.39, 0.29) is 0 Å². The van der Waals surface area contributed by atoms with Gasteiger partial charge >= 0.3 is 0 Å². The van der Waals surface area contributed by atoms with Crippen LogP contribution in [0.25, 0.3) is 11.6 Å². The Labute approximate surface area is 99.7 Å². The maximum absolute atomic E-state index is 4.62. The van der Waals surface area contributed by atoms with Gasteiger partial charge in [-0.1, -0.05) is 0 Å². The fraction of sp³-hybridized carbons (Fsp3) is 0.417. The highest BCUT2D eigenvalue weighted by Crippen LogP contribution is 2.27. The molecule has 3 rings (SSSR count). The molecule has 2 aromatic rings. The van der Waals surface area contributed by atoms with Gasteiger partial charge in [-0.2, -0.15) is 0 Å². The van der Waals surface area contributed by atoms with Crippen molar-refractivity contribution in [1.29, 1.82) is 0 Å². The third-order valence-electron chi connectivity index (χ3n) is 3.13. The highest BCUT2D eigenvalue weighted by atomic mass is 15.1. The molecule has 0 atom stereocenters. The number of aromatic amines is 1. The molecular formula is C12H15N5. The highest BCUT2D eigenvalue weighted by Gasteiger charge is 2.18. The van der Waals surface area contributed by atoms with Crippen molar-refractivity contribution in [2.75, 3.05) is 12.4 Å². The second kappa shape index (κ2) is 4.16. The Kier molecular flexibility index (Phi) is 2.51. The fourth-order valence-corrected chi connectivity index (χ4v) is 2.29. The quantitative estimate of drug-likeness (QED) is 0.824. The zero-order valence-electron chi connectivity index (χ0n) is 9.82. The lowest BCUT2D eigenvalue weighted by atomic mass is 9.96. The normalized spacial score (nSPS) is 14.4. The Hall–Kier alpha value is -1.91. The number of nitrogens with zero attached hydrogens (tertiary/aromatic N) is 3. The van der Waals surface area contributed by atoms with Crippen molar-refractivity contribution in [2.24, 2.45) is 0 Å². The summed E-state index contributed by atoms with van der Waals surface area (Å²) in [4.78, 5) is 16.4. The summed E-state index contributed by atoms with van der Waals surface area (Å²) in [6, 6.07) is 0. The molecule has 0 radical (unpaired) electrons. The molecule has 0 amide bonds. The van der Waals surface area contributed by atoms with E-state index in [2.05, 4.69) is 25.3 Å². The van der Waals surface area contributed by atoms with Crippen LogP contribution in [0.2, 0.25) is 0 Å². The minimum absolute atomic E-state index is 0.681. The third-order valence-corrected chi connectivity index (χ3v) is 3.13. The van der Waals surface area contributed by atoms with E-state index in [1.54, 1.807) is 12.4 Å². The van der Waals surface area contributed by atoms with E-state index >= 15 is 0 Å². The molecule has 0 fully saturated rings. The topological polar surface area (TPSA) is 66.5 Å². The Morgan fingerprint density at radius 3 is 2.88 bits per heavy atom. The van der Waals surface area contributed by atoms with Crippen LogP contribution in [0.15, 0.2) is 12.4 Å². The number of nitrogens with one attached hydrogen (secondary N) is 2. The highest BCUT2D eigenvalue weighted by molar-refractivity contribution is 5.54. The van der Waals surface area contributed by atoms with Crippen LogP contribution < -0.4 is 5.32 Å². The predicted octanol–water partition coefficient (Wildman–Crippen LogP) is 1.79. The minimum Gasteiger partial charge on any atom is -0.373 e. The third kappa shape index (κ3) is 1.77. The van der Waals surface area contributed by atoms with E-state index in [9.17, 15) is 0 Å². The van der Waals surface area contributed by atoms with Crippen molar-refractivity contribution in [3.63, 3.8) is 0 Å². The van der Waals surface area contributed by atoms with Gasteiger partial charge in [0, 0.05) is 30.7 Å². The van der Waals surface area contributed by atoms with E-state index in [0.717, 1.165) is 24.5 Å². The maximum Gasteiger partial charge on any atom is 0.197 e. The fourth-order valence-electron chi connectivity index (χ4n) is 2.29. The van der Waals surface area contributed by atoms with Gasteiger partial charge < -0.3 is 10.3 Å². The van der Waals surface area contributed by atoms with Crippen LogP contribution in [0, 0.1) is 0 Å². The van der Waals surface area contributed by atoms with Crippen LogP contribution in [-0.2, 0) is 12.8 Å². The number of rotatable bonds is 2. The van der Waals surface area contributed by atoms with Gasteiger partial charge in [-0.25, -0.2) is 15.0 Å². The van der Waals surface area contributed by atoms with E-state index in [1.165, 1.54) is 24.1 Å². The lowest BCUT2D eigenvalue weighted by molar-refractivity contribution is 0.665. The number of hydrogen-bond acceptors (Lipinski definition) is 4. The van der Waals surface area contributed by atoms with Crippen LogP contribution >= 0.6 is 0 Å². The van der Waals surface area contributed by atoms with E-state index < -0.39 is 0 Å². The van der Waals surface area contributed by atoms with Gasteiger partial charge in [0.15, 0.2) is 11.6 Å². The first kappa shape index (κ1) is 10.3. The summed E-state index contributed by atoms with van der Waals surface area (Å²) in [5, 5.41) is 3.16. The summed E-state index contributed by atoms with van der Waals surface area (Å²) in [5.41, 5.74) is 2.44. The summed E-state index contributed by atoms with van der Waals surface area (Å²) in [6.07, 6.45) is 8.06. The van der Waals surface area contributed by atoms with Gasteiger partial charge in [-0.05, 0) is 25.7 Å². The first-order chi connectivity index (χ1) is 8.38. The molecule has 0 bridgehead atoms. The summed E-state index contributed by atoms with van der Waals surface area (Å²) in [5.74, 6) is 2.36. The number of aromatic nitrogens is 4. The summed E-state index contributed by atoms with van der Waals surface area (Å²) in [7, 11) is 1.91. The molecule has 0 aliphatic heterocycles. The molecule has 5 heteroatoms. The number of fused-ring (bicyclic) bond motifs is 1. The molecule has 1 aliphatic carbocycles. The molecule has 88 valence electrons. The smallest absolute Gasteiger partial charge is 0.197 e. The zero-order valence-corrected chi connectivity index (χ0v) is 9.82. The van der Waals surface area contributed by atoms with Gasteiger partial charge in [0.1, 0.15) is 5.82 Å². The Bertz CT molecular complexity index is 501. The molecule has 2 aromatic heterocycles. The summed E-state index contributed by atoms with van der Waals surface area (Å²) in [6.45, 7) is 0. The average molecular weight is 229 g/mol. The van der Waals surface area contributed by atoms with Crippen LogP contribution in [0.1, 0.15) is 24.1 Å².